The van der Waals surface area contributed by atoms with Gasteiger partial charge in [0, 0.05) is 23.2 Å². The lowest BCUT2D eigenvalue weighted by atomic mass is 9.99. The summed E-state index contributed by atoms with van der Waals surface area (Å²) in [5.41, 5.74) is 1.28. The molecule has 34 heavy (non-hydrogen) atoms. The van der Waals surface area contributed by atoms with Crippen LogP contribution in [0.15, 0.2) is 39.8 Å². The molecule has 1 unspecified atom stereocenters. The lowest BCUT2D eigenvalue weighted by molar-refractivity contribution is 0.177. The van der Waals surface area contributed by atoms with Crippen LogP contribution >= 0.6 is 11.6 Å². The van der Waals surface area contributed by atoms with E-state index in [1.54, 1.807) is 4.90 Å². The molecule has 9 nitrogen and oxygen atoms in total. The van der Waals surface area contributed by atoms with Crippen molar-refractivity contribution in [2.75, 3.05) is 5.32 Å². The lowest BCUT2D eigenvalue weighted by Gasteiger charge is -2.35. The van der Waals surface area contributed by atoms with E-state index in [-0.39, 0.29) is 50.5 Å². The molecule has 12 heteroatoms. The fourth-order valence-corrected chi connectivity index (χ4v) is 5.14. The first-order valence-electron chi connectivity index (χ1n) is 10.5. The van der Waals surface area contributed by atoms with Gasteiger partial charge in [0.2, 0.25) is 0 Å². The molecule has 2 aliphatic rings. The number of H-pyrrole nitrogens is 1. The Kier molecular flexibility index (Phi) is 4.63. The van der Waals surface area contributed by atoms with Crippen molar-refractivity contribution >= 4 is 34.4 Å². The molecule has 2 aromatic carbocycles. The van der Waals surface area contributed by atoms with Gasteiger partial charge < -0.3 is 10.2 Å². The molecule has 2 aliphatic heterocycles. The molecule has 4 heterocycles. The summed E-state index contributed by atoms with van der Waals surface area (Å²) >= 11 is 6.35. The van der Waals surface area contributed by atoms with Crippen molar-refractivity contribution in [1.82, 2.24) is 25.4 Å². The van der Waals surface area contributed by atoms with Crippen molar-refractivity contribution in [3.8, 4) is 11.1 Å². The molecule has 2 atom stereocenters. The minimum atomic E-state index is -0.780. The summed E-state index contributed by atoms with van der Waals surface area (Å²) in [7, 11) is 0. The number of fused-ring (bicyclic) bond motifs is 5. The summed E-state index contributed by atoms with van der Waals surface area (Å²) in [6, 6.07) is 5.74. The van der Waals surface area contributed by atoms with E-state index in [4.69, 9.17) is 11.6 Å². The van der Waals surface area contributed by atoms with Gasteiger partial charge in [0.1, 0.15) is 11.3 Å². The van der Waals surface area contributed by atoms with E-state index in [2.05, 4.69) is 30.5 Å². The highest BCUT2D eigenvalue weighted by Crippen LogP contribution is 2.43. The van der Waals surface area contributed by atoms with E-state index in [0.717, 1.165) is 18.1 Å². The van der Waals surface area contributed by atoms with Gasteiger partial charge in [-0.3, -0.25) is 4.79 Å². The number of carbonyl (C=O) groups is 1. The highest BCUT2D eigenvalue weighted by molar-refractivity contribution is 6.33. The Morgan fingerprint density at radius 3 is 2.88 bits per heavy atom. The van der Waals surface area contributed by atoms with Gasteiger partial charge in [-0.2, -0.15) is 5.10 Å². The number of aromatic amines is 1. The van der Waals surface area contributed by atoms with Gasteiger partial charge in [-0.05, 0) is 59.4 Å². The van der Waals surface area contributed by atoms with Crippen LogP contribution in [0.3, 0.4) is 0 Å². The Morgan fingerprint density at radius 2 is 2.03 bits per heavy atom. The highest BCUT2D eigenvalue weighted by atomic mass is 35.5. The normalized spacial score (nSPS) is 18.9. The number of hydrogen-bond donors (Lipinski definition) is 2. The first-order valence-corrected chi connectivity index (χ1v) is 10.9. The van der Waals surface area contributed by atoms with Gasteiger partial charge in [0.25, 0.3) is 5.56 Å². The fourth-order valence-electron chi connectivity index (χ4n) is 4.87. The van der Waals surface area contributed by atoms with Gasteiger partial charge in [-0.15, -0.1) is 0 Å². The van der Waals surface area contributed by atoms with Gasteiger partial charge >= 0.3 is 6.03 Å². The first kappa shape index (κ1) is 20.7. The molecule has 2 bridgehead atoms. The van der Waals surface area contributed by atoms with Gasteiger partial charge in [0.15, 0.2) is 11.3 Å². The Bertz CT molecular complexity index is 1540. The molecular weight excluding hydrogens is 470 g/mol. The number of anilines is 1. The zero-order valence-corrected chi connectivity index (χ0v) is 18.1. The molecule has 2 N–H and O–H groups in total. The van der Waals surface area contributed by atoms with Crippen molar-refractivity contribution in [3.63, 3.8) is 0 Å². The summed E-state index contributed by atoms with van der Waals surface area (Å²) in [5.74, 6) is -1.52. The van der Waals surface area contributed by atoms with Crippen LogP contribution < -0.4 is 10.9 Å². The molecule has 0 radical (unpaired) electrons. The van der Waals surface area contributed by atoms with Crippen molar-refractivity contribution in [1.29, 1.82) is 0 Å². The van der Waals surface area contributed by atoms with Crippen LogP contribution in [0.4, 0.5) is 19.3 Å². The number of aromatic nitrogens is 4. The summed E-state index contributed by atoms with van der Waals surface area (Å²) in [5, 5.41) is 16.3. The molecule has 1 fully saturated rings. The Morgan fingerprint density at radius 1 is 1.18 bits per heavy atom. The zero-order valence-electron chi connectivity index (χ0n) is 17.3. The summed E-state index contributed by atoms with van der Waals surface area (Å²) < 4.78 is 34.4. The van der Waals surface area contributed by atoms with E-state index in [0.29, 0.717) is 18.5 Å². The minimum absolute atomic E-state index is 0.0238. The summed E-state index contributed by atoms with van der Waals surface area (Å²) in [6.45, 7) is 0. The van der Waals surface area contributed by atoms with Crippen molar-refractivity contribution < 1.29 is 18.2 Å². The quantitative estimate of drug-likeness (QED) is 0.440. The number of hydrogen-bond acceptors (Lipinski definition) is 6. The number of rotatable bonds is 2. The summed E-state index contributed by atoms with van der Waals surface area (Å²) in [4.78, 5) is 26.3. The van der Waals surface area contributed by atoms with Crippen molar-refractivity contribution in [3.05, 3.63) is 68.6 Å². The van der Waals surface area contributed by atoms with Crippen LogP contribution in [-0.2, 0) is 6.42 Å². The smallest absolute Gasteiger partial charge is 0.313 e. The zero-order chi connectivity index (χ0) is 23.6. The van der Waals surface area contributed by atoms with Crippen LogP contribution in [0.5, 0.6) is 0 Å². The number of nitrogens with one attached hydrogen (secondary N) is 2. The van der Waals surface area contributed by atoms with E-state index in [1.165, 1.54) is 24.3 Å². The Labute approximate surface area is 194 Å². The van der Waals surface area contributed by atoms with Gasteiger partial charge in [-0.1, -0.05) is 11.6 Å². The van der Waals surface area contributed by atoms with Crippen LogP contribution in [0, 0.1) is 11.6 Å². The third-order valence-electron chi connectivity index (χ3n) is 6.38. The lowest BCUT2D eigenvalue weighted by Crippen LogP contribution is -2.45. The van der Waals surface area contributed by atoms with E-state index in [1.807, 2.05) is 0 Å². The molecule has 0 aliphatic carbocycles. The first-order chi connectivity index (χ1) is 16.4. The third kappa shape index (κ3) is 3.15. The van der Waals surface area contributed by atoms with Crippen LogP contribution in [-0.4, -0.2) is 37.5 Å². The predicted octanol–water partition coefficient (Wildman–Crippen LogP) is 4.20. The van der Waals surface area contributed by atoms with E-state index in [9.17, 15) is 14.0 Å². The molecule has 1 saturated heterocycles. The highest BCUT2D eigenvalue weighted by Gasteiger charge is 2.44. The molecule has 4 aromatic rings. The number of carbonyl (C=O) groups excluding carboxylic acids is 1. The van der Waals surface area contributed by atoms with Crippen LogP contribution in [0.2, 0.25) is 5.02 Å². The molecule has 0 spiro atoms. The second-order valence-corrected chi connectivity index (χ2v) is 8.71. The predicted molar refractivity (Wildman–Crippen MR) is 117 cm³/mol. The van der Waals surface area contributed by atoms with Crippen LogP contribution in [0.25, 0.3) is 22.2 Å². The van der Waals surface area contributed by atoms with E-state index >= 15 is 4.39 Å². The number of halogens is 3. The molecule has 0 saturated carbocycles. The maximum absolute atomic E-state index is 15.0. The second-order valence-electron chi connectivity index (χ2n) is 8.30. The molecule has 2 amide bonds. The summed E-state index contributed by atoms with van der Waals surface area (Å²) in [6.07, 6.45) is 1.92. The molecule has 172 valence electrons. The topological polar surface area (TPSA) is 117 Å². The van der Waals surface area contributed by atoms with Gasteiger partial charge in [-0.25, -0.2) is 23.3 Å². The maximum Gasteiger partial charge on any atom is 0.322 e. The van der Waals surface area contributed by atoms with Crippen LogP contribution in [0.1, 0.15) is 30.1 Å². The second kappa shape index (κ2) is 7.59. The third-order valence-corrected chi connectivity index (χ3v) is 6.70. The average molecular weight is 485 g/mol. The fraction of sp³-hybridized carbons (Fsp3) is 0.227. The largest absolute Gasteiger partial charge is 0.322 e. The maximum atomic E-state index is 15.0. The van der Waals surface area contributed by atoms with Crippen molar-refractivity contribution in [2.24, 2.45) is 0 Å². The number of benzene rings is 2. The Balaban J connectivity index is 1.30. The minimum Gasteiger partial charge on any atom is -0.313 e. The SMILES string of the molecule is O=C(Nc1cc(Cl)c(-c2ccc3nonc3c2F)cc1F)N1C2CC[C@@H]1c1n[nH]c(=O)cc1C2. The number of amides is 2. The molecule has 2 aromatic heterocycles. The molecule has 6 rings (SSSR count). The molecular formula is C22H15ClF2N6O3. The van der Waals surface area contributed by atoms with E-state index < -0.39 is 17.7 Å². The van der Waals surface area contributed by atoms with Gasteiger partial charge in [0.05, 0.1) is 22.4 Å². The average Bonchev–Trinajstić information content (AvgIpc) is 3.41. The van der Waals surface area contributed by atoms with Crippen molar-refractivity contribution in [2.45, 2.75) is 31.3 Å². The standard InChI is InChI=1S/C22H15ClF2N6O3/c23-13-8-16(14(24)7-12(13)11-2-3-15-21(19(11)25)30-34-29-15)26-22(33)31-10-1-4-17(31)20-9(5-10)6-18(32)27-28-20/h2-3,6-8,10,17H,1,4-5H2,(H,26,33)(H,27,32)/t10?,17-/m1/s1. The number of nitrogens with zero attached hydrogens (tertiary/aromatic N) is 4. The monoisotopic (exact) mass is 484 g/mol. The Hall–Kier alpha value is -3.86. The number of urea groups is 1.